The third-order valence-electron chi connectivity index (χ3n) is 6.89. The number of benzene rings is 1. The van der Waals surface area contributed by atoms with Gasteiger partial charge in [-0.1, -0.05) is 19.9 Å². The van der Waals surface area contributed by atoms with Crippen molar-refractivity contribution in [1.82, 2.24) is 9.55 Å². The highest BCUT2D eigenvalue weighted by Gasteiger charge is 2.30. The molecule has 2 heterocycles. The fraction of sp³-hybridized carbons (Fsp3) is 0.500. The van der Waals surface area contributed by atoms with E-state index in [4.69, 9.17) is 11.3 Å². The van der Waals surface area contributed by atoms with Gasteiger partial charge in [-0.2, -0.15) is 0 Å². The van der Waals surface area contributed by atoms with Crippen LogP contribution in [0.1, 0.15) is 94.7 Å². The lowest BCUT2D eigenvalue weighted by atomic mass is 9.81. The molecule has 4 rings (SSSR count). The first-order valence-electron chi connectivity index (χ1n) is 12.7. The van der Waals surface area contributed by atoms with Crippen molar-refractivity contribution in [3.8, 4) is 11.3 Å². The zero-order chi connectivity index (χ0) is 25.5. The highest BCUT2D eigenvalue weighted by atomic mass is 16.6. The monoisotopic (exact) mass is 471 g/mol. The second-order valence-electron chi connectivity index (χ2n) is 11.3. The summed E-state index contributed by atoms with van der Waals surface area (Å²) in [6, 6.07) is 10.8. The smallest absolute Gasteiger partial charge is 0.419 e. The summed E-state index contributed by atoms with van der Waals surface area (Å²) in [5, 5.41) is 1.11. The first-order valence-corrected chi connectivity index (χ1v) is 12.7. The zero-order valence-corrected chi connectivity index (χ0v) is 22.1. The molecule has 1 fully saturated rings. The maximum absolute atomic E-state index is 13.6. The van der Waals surface area contributed by atoms with Gasteiger partial charge in [-0.3, -0.25) is 4.98 Å². The van der Waals surface area contributed by atoms with Gasteiger partial charge in [-0.15, -0.1) is 0 Å². The Hall–Kier alpha value is -3.13. The Kier molecular flexibility index (Phi) is 6.77. The zero-order valence-electron chi connectivity index (χ0n) is 22.1. The molecule has 0 saturated heterocycles. The van der Waals surface area contributed by atoms with Crippen molar-refractivity contribution in [3.05, 3.63) is 64.3 Å². The highest BCUT2D eigenvalue weighted by Crippen LogP contribution is 2.42. The molecule has 3 aromatic rings. The molecule has 0 spiro atoms. The summed E-state index contributed by atoms with van der Waals surface area (Å²) in [5.41, 5.74) is 6.47. The van der Waals surface area contributed by atoms with Crippen molar-refractivity contribution in [2.45, 2.75) is 97.6 Å². The highest BCUT2D eigenvalue weighted by molar-refractivity contribution is 6.00. The number of ether oxygens (including phenoxy) is 1. The number of carbonyl (C=O) groups is 1. The first-order chi connectivity index (χ1) is 16.5. The largest absolute Gasteiger partial charge is 0.443 e. The number of fused-ring (bicyclic) bond motifs is 1. The van der Waals surface area contributed by atoms with Gasteiger partial charge in [0.1, 0.15) is 5.60 Å². The van der Waals surface area contributed by atoms with Crippen LogP contribution in [-0.4, -0.2) is 27.3 Å². The van der Waals surface area contributed by atoms with Gasteiger partial charge in [0.05, 0.1) is 11.2 Å². The van der Waals surface area contributed by atoms with Crippen LogP contribution in [0.15, 0.2) is 30.3 Å². The molecule has 2 aromatic heterocycles. The Morgan fingerprint density at radius 3 is 2.26 bits per heavy atom. The van der Waals surface area contributed by atoms with E-state index in [1.165, 1.54) is 5.56 Å². The average Bonchev–Trinajstić information content (AvgIpc) is 3.12. The molecule has 1 saturated carbocycles. The minimum absolute atomic E-state index is 0.166. The summed E-state index contributed by atoms with van der Waals surface area (Å²) < 4.78 is 7.67. The summed E-state index contributed by atoms with van der Waals surface area (Å²) in [6.45, 7) is 21.4. The summed E-state index contributed by atoms with van der Waals surface area (Å²) >= 11 is 0. The van der Waals surface area contributed by atoms with Crippen LogP contribution in [0.5, 0.6) is 0 Å². The second-order valence-corrected chi connectivity index (χ2v) is 11.3. The number of hydrogen-bond donors (Lipinski definition) is 0. The van der Waals surface area contributed by atoms with E-state index in [0.29, 0.717) is 5.92 Å². The van der Waals surface area contributed by atoms with Gasteiger partial charge in [0.25, 0.3) is 0 Å². The maximum Gasteiger partial charge on any atom is 0.419 e. The molecule has 35 heavy (non-hydrogen) atoms. The number of carbonyl (C=O) groups excluding carboxylic acids is 1. The van der Waals surface area contributed by atoms with E-state index in [1.807, 2.05) is 34.6 Å². The Morgan fingerprint density at radius 1 is 1.09 bits per heavy atom. The predicted octanol–water partition coefficient (Wildman–Crippen LogP) is 8.17. The fourth-order valence-electron chi connectivity index (χ4n) is 5.46. The minimum Gasteiger partial charge on any atom is -0.443 e. The Balaban J connectivity index is 1.95. The number of aryl methyl sites for hydroxylation is 2. The summed E-state index contributed by atoms with van der Waals surface area (Å²) in [4.78, 5) is 22.0. The van der Waals surface area contributed by atoms with Crippen LogP contribution in [0.25, 0.3) is 27.0 Å². The number of nitrogens with zero attached hydrogens (tertiary/aromatic N) is 3. The molecular formula is C30H37N3O2. The van der Waals surface area contributed by atoms with Crippen molar-refractivity contribution in [1.29, 1.82) is 0 Å². The van der Waals surface area contributed by atoms with E-state index < -0.39 is 5.60 Å². The minimum atomic E-state index is -0.603. The van der Waals surface area contributed by atoms with Gasteiger partial charge >= 0.3 is 6.09 Å². The SMILES string of the molecule is [C-]#[N+]C1CCC(c2ccc3c(c2)c(C(C)C)c(-c2cc(C)nc(C)c2)n3C(=O)OC(C)(C)C)CC1. The second kappa shape index (κ2) is 9.49. The standard InChI is InChI=1S/C30H37N3O2/c1-18(2)27-25-17-22(21-9-12-24(31-8)13-10-21)11-14-26(25)33(29(34)35-30(5,6)7)28(27)23-15-19(3)32-20(4)16-23/h11,14-18,21,24H,9-10,12-13H2,1-7H3. The molecule has 0 bridgehead atoms. The van der Waals surface area contributed by atoms with E-state index in [1.54, 1.807) is 4.57 Å². The van der Waals surface area contributed by atoms with Crippen LogP contribution >= 0.6 is 0 Å². The van der Waals surface area contributed by atoms with Gasteiger partial charge in [-0.25, -0.2) is 15.9 Å². The van der Waals surface area contributed by atoms with E-state index in [9.17, 15) is 4.79 Å². The van der Waals surface area contributed by atoms with Gasteiger partial charge < -0.3 is 9.58 Å². The summed E-state index contributed by atoms with van der Waals surface area (Å²) in [6.07, 6.45) is 3.64. The molecule has 1 aliphatic rings. The Labute approximate surface area is 209 Å². The van der Waals surface area contributed by atoms with Crippen LogP contribution in [0, 0.1) is 20.4 Å². The van der Waals surface area contributed by atoms with Crippen molar-refractivity contribution in [3.63, 3.8) is 0 Å². The molecule has 0 N–H and O–H groups in total. The number of aromatic nitrogens is 2. The fourth-order valence-corrected chi connectivity index (χ4v) is 5.46. The lowest BCUT2D eigenvalue weighted by Crippen LogP contribution is -2.27. The quantitative estimate of drug-likeness (QED) is 0.362. The maximum atomic E-state index is 13.6. The van der Waals surface area contributed by atoms with Crippen molar-refractivity contribution < 1.29 is 9.53 Å². The van der Waals surface area contributed by atoms with Gasteiger partial charge in [0.15, 0.2) is 0 Å². The molecule has 0 atom stereocenters. The normalized spacial score (nSPS) is 18.6. The lowest BCUT2D eigenvalue weighted by molar-refractivity contribution is 0.0547. The van der Waals surface area contributed by atoms with Gasteiger partial charge in [-0.05, 0) is 94.7 Å². The molecule has 5 heteroatoms. The van der Waals surface area contributed by atoms with E-state index >= 15 is 0 Å². The molecule has 0 unspecified atom stereocenters. The number of hydrogen-bond acceptors (Lipinski definition) is 3. The third kappa shape index (κ3) is 5.12. The summed E-state index contributed by atoms with van der Waals surface area (Å²) in [7, 11) is 0. The van der Waals surface area contributed by atoms with E-state index in [2.05, 4.69) is 54.0 Å². The van der Waals surface area contributed by atoms with Crippen LogP contribution in [-0.2, 0) is 4.74 Å². The molecule has 184 valence electrons. The number of pyridine rings is 1. The Bertz CT molecular complexity index is 1280. The molecule has 5 nitrogen and oxygen atoms in total. The number of rotatable bonds is 3. The Morgan fingerprint density at radius 2 is 1.71 bits per heavy atom. The lowest BCUT2D eigenvalue weighted by Gasteiger charge is -2.23. The van der Waals surface area contributed by atoms with Crippen molar-refractivity contribution >= 4 is 17.0 Å². The van der Waals surface area contributed by atoms with Crippen molar-refractivity contribution in [2.75, 3.05) is 0 Å². The van der Waals surface area contributed by atoms with E-state index in [-0.39, 0.29) is 18.1 Å². The molecule has 0 aliphatic heterocycles. The van der Waals surface area contributed by atoms with Crippen LogP contribution in [0.2, 0.25) is 0 Å². The third-order valence-corrected chi connectivity index (χ3v) is 6.89. The van der Waals surface area contributed by atoms with Crippen LogP contribution in [0.3, 0.4) is 0 Å². The topological polar surface area (TPSA) is 48.5 Å². The predicted molar refractivity (Wildman–Crippen MR) is 142 cm³/mol. The van der Waals surface area contributed by atoms with Crippen LogP contribution in [0.4, 0.5) is 4.79 Å². The van der Waals surface area contributed by atoms with Gasteiger partial charge in [0, 0.05) is 35.2 Å². The molecular weight excluding hydrogens is 434 g/mol. The van der Waals surface area contributed by atoms with Gasteiger partial charge in [0.2, 0.25) is 6.04 Å². The summed E-state index contributed by atoms with van der Waals surface area (Å²) in [5.74, 6) is 0.661. The van der Waals surface area contributed by atoms with E-state index in [0.717, 1.165) is 64.8 Å². The average molecular weight is 472 g/mol. The molecule has 0 amide bonds. The first kappa shape index (κ1) is 25.0. The molecule has 1 aliphatic carbocycles. The van der Waals surface area contributed by atoms with Crippen LogP contribution < -0.4 is 0 Å². The molecule has 1 aromatic carbocycles. The molecule has 0 radical (unpaired) electrons. The van der Waals surface area contributed by atoms with Crippen molar-refractivity contribution in [2.24, 2.45) is 0 Å².